The number of hydrogen-bond donors (Lipinski definition) is 3. The quantitative estimate of drug-likeness (QED) is 0.0988. The predicted molar refractivity (Wildman–Crippen MR) is 752 cm³/mol. The van der Waals surface area contributed by atoms with E-state index in [0.29, 0.717) is 19.6 Å². The molecule has 0 unspecified atom stereocenters. The topological polar surface area (TPSA) is 137 Å². The van der Waals surface area contributed by atoms with Gasteiger partial charge in [-0.15, -0.1) is 0 Å². The highest BCUT2D eigenvalue weighted by atomic mass is 79.9. The van der Waals surface area contributed by atoms with Gasteiger partial charge in [0.2, 0.25) is 5.91 Å². The lowest BCUT2D eigenvalue weighted by molar-refractivity contribution is -0.137. The number of rotatable bonds is 15. The molecule has 88 heteroatoms. The van der Waals surface area contributed by atoms with Crippen LogP contribution in [0.5, 0.6) is 11.5 Å². The van der Waals surface area contributed by atoms with Gasteiger partial charge in [-0.05, 0) is 99.2 Å². The van der Waals surface area contributed by atoms with Crippen LogP contribution >= 0.6 is 31.9 Å². The first-order valence-electron chi connectivity index (χ1n) is 27.2. The van der Waals surface area contributed by atoms with Crippen LogP contribution in [0.4, 0.5) is 11.4 Å². The molecule has 4 N–H and O–H groups in total. The molecular formula is C34H40Br2N4O5S77. The molecule has 0 aliphatic carbocycles. The Hall–Kier alpha value is 13.0. The molecule has 122 heavy (non-hydrogen) atoms. The number of aliphatic carboxylic acids is 1. The molecule has 0 saturated carbocycles. The largest absolute Gasteiger partial charge is 0.494 e. The number of nitrogens with one attached hydrogen (secondary N) is 1. The molecular weight excluding hydrogens is 3170 g/mol. The van der Waals surface area contributed by atoms with E-state index in [-0.39, 0.29) is 12.3 Å². The number of nitrogens with zero attached hydrogens (tertiary/aromatic N) is 2. The second kappa shape index (κ2) is 119. The fourth-order valence-corrected chi connectivity index (χ4v) is 195. The molecule has 702 valence electrons. The van der Waals surface area contributed by atoms with Crippen LogP contribution in [0.2, 0.25) is 0 Å². The van der Waals surface area contributed by atoms with Crippen molar-refractivity contribution >= 4 is 748 Å². The van der Waals surface area contributed by atoms with E-state index >= 15 is 0 Å². The smallest absolute Gasteiger partial charge is 0.303 e. The third-order valence-corrected chi connectivity index (χ3v) is 167. The summed E-state index contributed by atoms with van der Waals surface area (Å²) in [6, 6.07) is 22.5. The number of hydrogen-bond acceptors (Lipinski definition) is 11. The normalized spacial score (nSPS) is 8.51. The summed E-state index contributed by atoms with van der Waals surface area (Å²) in [5, 5.41) is 11.3. The highest BCUT2D eigenvalue weighted by molar-refractivity contribution is 9.11. The number of carboxylic acids is 1. The van der Waals surface area contributed by atoms with Crippen molar-refractivity contribution in [3.05, 3.63) is 107 Å². The van der Waals surface area contributed by atoms with Gasteiger partial charge in [0.1, 0.15) is 11.5 Å². The number of carbonyl (C=O) groups excluding carboxylic acids is 1. The maximum Gasteiger partial charge on any atom is 0.303 e. The molecule has 0 fully saturated rings. The molecule has 0 aliphatic heterocycles. The van der Waals surface area contributed by atoms with E-state index in [2.05, 4.69) is 47.1 Å². The van der Waals surface area contributed by atoms with Crippen molar-refractivity contribution in [3.8, 4) is 11.5 Å². The van der Waals surface area contributed by atoms with Crippen molar-refractivity contribution in [3.63, 3.8) is 0 Å². The van der Waals surface area contributed by atoms with E-state index in [1.807, 2.05) is 448 Å². The molecule has 0 radical (unpaired) electrons. The third-order valence-electron chi connectivity index (χ3n) is 7.86. The van der Waals surface area contributed by atoms with E-state index in [4.69, 9.17) is 65.1 Å². The predicted octanol–water partition coefficient (Wildman–Crippen LogP) is 8.37. The standard InChI is InChI=1S/C17H19BrN2O2.C12H15BrO3.C5H6N2.S39.S38/c18-14-5-4-6-16(13-14)22-12-3-1-2-7-17(21)20-15-8-10-19-11-9-15;13-10-5-4-6-11(9-10)16-8-3-1-2-7-12(14)15;6-5-1-3-7-4-2-5;1-3-5-7-9-11-13-15-17-19-21-23-25-27-29-31-33-35-37-39-38-36-34-32-30-28-26-24-22-20-18-16-14-12-10-8-6-4-2;1-3-5-7-9-11-13-15-17-19-21-23-25-27-29-31-33-35-37-38-36-34-32-30-28-26-24-22-20-18-16-14-12-10-8-6-4-2/h4-6,8-11,13H,1-3,7,12H2,(H,19,20,21);4-6,9H,1-3,7-8H2,(H,14,15);1-4H,(H2,6,7);;. The Kier molecular flexibility index (Phi) is 132. The van der Waals surface area contributed by atoms with Gasteiger partial charge in [-0.25, -0.2) is 0 Å². The number of carbonyl (C=O) groups is 2. The minimum absolute atomic E-state index is 0.0408. The van der Waals surface area contributed by atoms with Crippen LogP contribution in [0, 0.1) is 0 Å². The molecule has 0 bridgehead atoms. The molecule has 0 spiro atoms. The molecule has 2 aromatic carbocycles. The zero-order valence-electron chi connectivity index (χ0n) is 56.6. The average Bonchev–Trinajstić information content (AvgIpc) is 0.936. The fourth-order valence-electron chi connectivity index (χ4n) is 4.42. The zero-order chi connectivity index (χ0) is 88.2. The summed E-state index contributed by atoms with van der Waals surface area (Å²) in [5.74, 6) is 1.02. The number of anilines is 2. The molecule has 0 aliphatic rings. The Morgan fingerprint density at radius 3 is 0.689 bits per heavy atom. The number of amides is 1. The van der Waals surface area contributed by atoms with Crippen LogP contribution < -0.4 is 20.5 Å². The number of ether oxygens (including phenoxy) is 2. The number of benzene rings is 2. The molecule has 2 heterocycles. The summed E-state index contributed by atoms with van der Waals surface area (Å²) in [5.41, 5.74) is 6.87. The summed E-state index contributed by atoms with van der Waals surface area (Å²) >= 11 is 26.0. The van der Waals surface area contributed by atoms with E-state index in [1.54, 1.807) is 262 Å². The van der Waals surface area contributed by atoms with Crippen molar-refractivity contribution in [1.82, 2.24) is 9.97 Å². The maximum absolute atomic E-state index is 11.7. The van der Waals surface area contributed by atoms with Crippen LogP contribution in [0.25, 0.3) is 0 Å². The van der Waals surface area contributed by atoms with Gasteiger partial charge < -0.3 is 25.6 Å². The van der Waals surface area contributed by atoms with Crippen molar-refractivity contribution in [2.24, 2.45) is 0 Å². The van der Waals surface area contributed by atoms with Gasteiger partial charge in [0.25, 0.3) is 0 Å². The second-order valence-corrected chi connectivity index (χ2v) is 146. The fraction of sp³-hybridized carbons (Fsp3) is 0.294. The van der Waals surface area contributed by atoms with Gasteiger partial charge in [0.15, 0.2) is 0 Å². The summed E-state index contributed by atoms with van der Waals surface area (Å²) in [6.07, 6.45) is 12.7. The van der Waals surface area contributed by atoms with Crippen LogP contribution in [0.15, 0.2) is 107 Å². The SMILES string of the molecule is Nc1ccncc1.O=C(CCCCCOc1cccc(Br)c1)Nc1ccncc1.O=C(O)CCCCCOc1cccc(Br)c1.S=S=S=S=S=S=S=S=S=S=S=S=S=S=S=S=S=S=S=S=S=S=S=S=S=S=S=S=S=S=S=S=S=S=S=S=S=S.S=S=S=S=S=S=S=S=S=S=S=S=S=S=S=S=S=S=S=S=S=S=S=S=S=S=S=S=S=S=S=S=S=S=S=S=S=S=S. The minimum atomic E-state index is -0.729. The molecule has 9 nitrogen and oxygen atoms in total. The summed E-state index contributed by atoms with van der Waals surface area (Å²) in [7, 11) is 129. The number of pyridine rings is 2. The lowest BCUT2D eigenvalue weighted by Gasteiger charge is -2.07. The van der Waals surface area contributed by atoms with Crippen molar-refractivity contribution in [1.29, 1.82) is 0 Å². The number of halogens is 2. The van der Waals surface area contributed by atoms with Gasteiger partial charge in [0, 0.05) is 751 Å². The molecule has 0 saturated heterocycles. The number of unbranched alkanes of at least 4 members (excludes halogenated alkanes) is 4. The van der Waals surface area contributed by atoms with Gasteiger partial charge in [0.05, 0.1) is 13.2 Å². The number of carboxylic acid groups (broad SMARTS) is 1. The molecule has 4 aromatic rings. The number of aromatic nitrogens is 2. The van der Waals surface area contributed by atoms with Crippen LogP contribution in [0.1, 0.15) is 51.4 Å². The first-order chi connectivity index (χ1) is 60.1. The summed E-state index contributed by atoms with van der Waals surface area (Å²) in [4.78, 5) is 29.7. The first kappa shape index (κ1) is 135. The Morgan fingerprint density at radius 2 is 0.500 bits per heavy atom. The number of nitrogens with two attached hydrogens (primary N) is 1. The Labute approximate surface area is 951 Å². The first-order valence-corrected chi connectivity index (χ1v) is 129. The summed E-state index contributed by atoms with van der Waals surface area (Å²) < 4.78 is 13.2. The third kappa shape index (κ3) is 115. The van der Waals surface area contributed by atoms with Crippen LogP contribution in [-0.4, -0.2) is 40.2 Å². The van der Waals surface area contributed by atoms with Gasteiger partial charge >= 0.3 is 5.97 Å². The van der Waals surface area contributed by atoms with Crippen molar-refractivity contribution < 1.29 is 24.2 Å². The Balaban J connectivity index is 0.00000162. The maximum atomic E-state index is 11.7. The lowest BCUT2D eigenvalue weighted by atomic mass is 10.2. The van der Waals surface area contributed by atoms with Crippen LogP contribution in [-0.2, 0) is 703 Å². The lowest BCUT2D eigenvalue weighted by Crippen LogP contribution is -2.11. The van der Waals surface area contributed by atoms with Gasteiger partial charge in [-0.1, -0.05) is 44.0 Å². The van der Waals surface area contributed by atoms with Gasteiger partial charge in [-0.2, -0.15) is 0 Å². The molecule has 2 aromatic heterocycles. The van der Waals surface area contributed by atoms with Crippen LogP contribution in [0.3, 0.4) is 0 Å². The van der Waals surface area contributed by atoms with Crippen molar-refractivity contribution in [2.75, 3.05) is 24.3 Å². The van der Waals surface area contributed by atoms with Gasteiger partial charge in [-0.3, -0.25) is 19.6 Å². The Bertz CT molecular complexity index is 7530. The highest BCUT2D eigenvalue weighted by Gasteiger charge is 2.03. The molecule has 0 atom stereocenters. The van der Waals surface area contributed by atoms with E-state index < -0.39 is 5.97 Å². The van der Waals surface area contributed by atoms with E-state index in [1.165, 1.54) is 35.5 Å². The molecule has 4 rings (SSSR count). The second-order valence-electron chi connectivity index (χ2n) is 14.7. The molecule has 1 amide bonds. The Morgan fingerprint density at radius 1 is 0.295 bits per heavy atom. The van der Waals surface area contributed by atoms with E-state index in [0.717, 1.165) is 70.3 Å². The summed E-state index contributed by atoms with van der Waals surface area (Å²) in [6.45, 7) is 1.30. The highest BCUT2D eigenvalue weighted by Crippen LogP contribution is 2.19. The average molecular weight is 3210 g/mol. The van der Waals surface area contributed by atoms with E-state index in [9.17, 15) is 9.59 Å². The zero-order valence-corrected chi connectivity index (χ0v) is 123. The van der Waals surface area contributed by atoms with Crippen molar-refractivity contribution in [2.45, 2.75) is 51.4 Å². The number of nitrogen functional groups attached to an aromatic ring is 1. The minimum Gasteiger partial charge on any atom is -0.494 e. The monoisotopic (exact) mass is 3200 g/mol.